The summed E-state index contributed by atoms with van der Waals surface area (Å²) in [5, 5.41) is 9.77. The molecule has 1 atom stereocenters. The molecular formula is C17H22N2O. The highest BCUT2D eigenvalue weighted by Gasteiger charge is 2.10. The SMILES string of the molecule is CCC(O)c1ccc(N(C)c2ccc(C)cc2C)cn1. The van der Waals surface area contributed by atoms with E-state index < -0.39 is 6.10 Å². The maximum absolute atomic E-state index is 9.77. The van der Waals surface area contributed by atoms with Crippen LogP contribution < -0.4 is 4.90 Å². The van der Waals surface area contributed by atoms with Crippen LogP contribution in [0.3, 0.4) is 0 Å². The smallest absolute Gasteiger partial charge is 0.0957 e. The van der Waals surface area contributed by atoms with Crippen molar-refractivity contribution in [3.63, 3.8) is 0 Å². The van der Waals surface area contributed by atoms with Crippen molar-refractivity contribution in [3.05, 3.63) is 53.3 Å². The fraction of sp³-hybridized carbons (Fsp3) is 0.353. The second-order valence-corrected chi connectivity index (χ2v) is 5.21. The van der Waals surface area contributed by atoms with Crippen molar-refractivity contribution < 1.29 is 5.11 Å². The number of aromatic nitrogens is 1. The highest BCUT2D eigenvalue weighted by Crippen LogP contribution is 2.27. The summed E-state index contributed by atoms with van der Waals surface area (Å²) in [7, 11) is 2.03. The zero-order valence-corrected chi connectivity index (χ0v) is 12.6. The molecule has 0 aliphatic heterocycles. The number of aliphatic hydroxyl groups is 1. The van der Waals surface area contributed by atoms with Crippen LogP contribution in [-0.2, 0) is 0 Å². The Morgan fingerprint density at radius 3 is 2.50 bits per heavy atom. The van der Waals surface area contributed by atoms with Crippen LogP contribution >= 0.6 is 0 Å². The standard InChI is InChI=1S/C17H22N2O/c1-5-17(20)15-8-7-14(11-18-15)19(4)16-9-6-12(2)10-13(16)3/h6-11,17,20H,5H2,1-4H3. The van der Waals surface area contributed by atoms with Crippen LogP contribution in [0, 0.1) is 13.8 Å². The second-order valence-electron chi connectivity index (χ2n) is 5.21. The fourth-order valence-corrected chi connectivity index (χ4v) is 2.32. The maximum atomic E-state index is 9.77. The molecule has 1 aromatic carbocycles. The van der Waals surface area contributed by atoms with E-state index in [1.807, 2.05) is 32.3 Å². The first kappa shape index (κ1) is 14.5. The first-order valence-corrected chi connectivity index (χ1v) is 6.98. The van der Waals surface area contributed by atoms with Crippen molar-refractivity contribution in [2.75, 3.05) is 11.9 Å². The average molecular weight is 270 g/mol. The van der Waals surface area contributed by atoms with Crippen LogP contribution in [0.5, 0.6) is 0 Å². The summed E-state index contributed by atoms with van der Waals surface area (Å²) in [6, 6.07) is 10.3. The van der Waals surface area contributed by atoms with Crippen molar-refractivity contribution in [2.45, 2.75) is 33.3 Å². The first-order chi connectivity index (χ1) is 9.52. The highest BCUT2D eigenvalue weighted by atomic mass is 16.3. The summed E-state index contributed by atoms with van der Waals surface area (Å²) in [5.41, 5.74) is 5.42. The van der Waals surface area contributed by atoms with Gasteiger partial charge in [0.15, 0.2) is 0 Å². The third-order valence-electron chi connectivity index (χ3n) is 3.60. The van der Waals surface area contributed by atoms with Crippen LogP contribution in [0.15, 0.2) is 36.5 Å². The van der Waals surface area contributed by atoms with Crippen LogP contribution in [0.1, 0.15) is 36.3 Å². The minimum absolute atomic E-state index is 0.476. The van der Waals surface area contributed by atoms with E-state index in [4.69, 9.17) is 0 Å². The molecule has 2 aromatic rings. The third-order valence-corrected chi connectivity index (χ3v) is 3.60. The molecule has 2 rings (SSSR count). The van der Waals surface area contributed by atoms with Crippen molar-refractivity contribution in [1.82, 2.24) is 4.98 Å². The van der Waals surface area contributed by atoms with Crippen molar-refractivity contribution in [3.8, 4) is 0 Å². The third kappa shape index (κ3) is 2.99. The molecule has 3 nitrogen and oxygen atoms in total. The molecule has 1 N–H and O–H groups in total. The number of hydrogen-bond donors (Lipinski definition) is 1. The molecule has 0 radical (unpaired) electrons. The van der Waals surface area contributed by atoms with Gasteiger partial charge in [-0.25, -0.2) is 0 Å². The molecule has 106 valence electrons. The Hall–Kier alpha value is -1.87. The molecule has 0 aliphatic carbocycles. The summed E-state index contributed by atoms with van der Waals surface area (Å²) in [6.07, 6.45) is 2.02. The average Bonchev–Trinajstić information content (AvgIpc) is 2.46. The molecule has 1 aromatic heterocycles. The molecule has 20 heavy (non-hydrogen) atoms. The molecule has 0 amide bonds. The minimum atomic E-state index is -0.476. The zero-order valence-electron chi connectivity index (χ0n) is 12.6. The van der Waals surface area contributed by atoms with Crippen LogP contribution in [0.4, 0.5) is 11.4 Å². The van der Waals surface area contributed by atoms with Crippen molar-refractivity contribution in [2.24, 2.45) is 0 Å². The number of hydrogen-bond acceptors (Lipinski definition) is 3. The maximum Gasteiger partial charge on any atom is 0.0957 e. The lowest BCUT2D eigenvalue weighted by atomic mass is 10.1. The van der Waals surface area contributed by atoms with Crippen LogP contribution in [0.25, 0.3) is 0 Å². The Kier molecular flexibility index (Phi) is 4.40. The predicted octanol–water partition coefficient (Wildman–Crippen LogP) is 3.91. The summed E-state index contributed by atoms with van der Waals surface area (Å²) in [6.45, 7) is 6.16. The Morgan fingerprint density at radius 2 is 1.95 bits per heavy atom. The van der Waals surface area contributed by atoms with Gasteiger partial charge in [0.2, 0.25) is 0 Å². The van der Waals surface area contributed by atoms with Crippen molar-refractivity contribution >= 4 is 11.4 Å². The Balaban J connectivity index is 2.26. The van der Waals surface area contributed by atoms with E-state index in [9.17, 15) is 5.11 Å². The second kappa shape index (κ2) is 6.06. The number of aliphatic hydroxyl groups excluding tert-OH is 1. The number of rotatable bonds is 4. The van der Waals surface area contributed by atoms with Gasteiger partial charge in [0, 0.05) is 12.7 Å². The van der Waals surface area contributed by atoms with Gasteiger partial charge in [0.1, 0.15) is 0 Å². The number of benzene rings is 1. The normalized spacial score (nSPS) is 12.2. The van der Waals surface area contributed by atoms with E-state index in [0.717, 1.165) is 11.4 Å². The monoisotopic (exact) mass is 270 g/mol. The van der Waals surface area contributed by atoms with Gasteiger partial charge in [-0.2, -0.15) is 0 Å². The van der Waals surface area contributed by atoms with Gasteiger partial charge in [-0.15, -0.1) is 0 Å². The summed E-state index contributed by atoms with van der Waals surface area (Å²) in [4.78, 5) is 6.47. The molecular weight excluding hydrogens is 248 g/mol. The Morgan fingerprint density at radius 1 is 1.20 bits per heavy atom. The lowest BCUT2D eigenvalue weighted by molar-refractivity contribution is 0.169. The highest BCUT2D eigenvalue weighted by molar-refractivity contribution is 5.65. The van der Waals surface area contributed by atoms with E-state index in [2.05, 4.69) is 41.9 Å². The fourth-order valence-electron chi connectivity index (χ4n) is 2.32. The molecule has 0 saturated carbocycles. The van der Waals surface area contributed by atoms with E-state index in [-0.39, 0.29) is 0 Å². The van der Waals surface area contributed by atoms with E-state index in [1.165, 1.54) is 16.8 Å². The Bertz CT molecular complexity index is 578. The van der Waals surface area contributed by atoms with Crippen molar-refractivity contribution in [1.29, 1.82) is 0 Å². The molecule has 0 bridgehead atoms. The zero-order chi connectivity index (χ0) is 14.7. The van der Waals surface area contributed by atoms with E-state index in [1.54, 1.807) is 0 Å². The lowest BCUT2D eigenvalue weighted by Gasteiger charge is -2.22. The number of nitrogens with zero attached hydrogens (tertiary/aromatic N) is 2. The summed E-state index contributed by atoms with van der Waals surface area (Å²) in [5.74, 6) is 0. The van der Waals surface area contributed by atoms with Gasteiger partial charge in [0.25, 0.3) is 0 Å². The predicted molar refractivity (Wildman–Crippen MR) is 83.5 cm³/mol. The van der Waals surface area contributed by atoms with Gasteiger partial charge in [0.05, 0.1) is 23.7 Å². The quantitative estimate of drug-likeness (QED) is 0.915. The molecule has 1 heterocycles. The first-order valence-electron chi connectivity index (χ1n) is 6.98. The van der Waals surface area contributed by atoms with E-state index in [0.29, 0.717) is 6.42 Å². The lowest BCUT2D eigenvalue weighted by Crippen LogP contribution is -2.11. The van der Waals surface area contributed by atoms with Gasteiger partial charge < -0.3 is 10.0 Å². The minimum Gasteiger partial charge on any atom is -0.387 e. The largest absolute Gasteiger partial charge is 0.387 e. The molecule has 0 saturated heterocycles. The molecule has 0 spiro atoms. The number of aryl methyl sites for hydroxylation is 2. The molecule has 1 unspecified atom stereocenters. The van der Waals surface area contributed by atoms with Crippen LogP contribution in [-0.4, -0.2) is 17.1 Å². The topological polar surface area (TPSA) is 36.4 Å². The van der Waals surface area contributed by atoms with Gasteiger partial charge in [-0.1, -0.05) is 24.6 Å². The summed E-state index contributed by atoms with van der Waals surface area (Å²) < 4.78 is 0. The van der Waals surface area contributed by atoms with Crippen LogP contribution in [0.2, 0.25) is 0 Å². The molecule has 3 heteroatoms. The molecule has 0 aliphatic rings. The van der Waals surface area contributed by atoms with Gasteiger partial charge >= 0.3 is 0 Å². The Labute approximate surface area is 120 Å². The number of anilines is 2. The molecule has 0 fully saturated rings. The number of pyridine rings is 1. The van der Waals surface area contributed by atoms with Gasteiger partial charge in [-0.3, -0.25) is 4.98 Å². The van der Waals surface area contributed by atoms with Gasteiger partial charge in [-0.05, 0) is 44.0 Å². The van der Waals surface area contributed by atoms with E-state index >= 15 is 0 Å². The summed E-state index contributed by atoms with van der Waals surface area (Å²) >= 11 is 0.